The molecular formula is C20H24FNO3. The average Bonchev–Trinajstić information content (AvgIpc) is 2.64. The molecule has 0 aliphatic heterocycles. The average molecular weight is 345 g/mol. The van der Waals surface area contributed by atoms with E-state index in [4.69, 9.17) is 9.47 Å². The molecule has 0 saturated carbocycles. The van der Waals surface area contributed by atoms with Crippen LogP contribution in [0.4, 0.5) is 4.39 Å². The summed E-state index contributed by atoms with van der Waals surface area (Å²) in [6.07, 6.45) is 1.19. The van der Waals surface area contributed by atoms with Gasteiger partial charge in [-0.2, -0.15) is 0 Å². The van der Waals surface area contributed by atoms with E-state index in [-0.39, 0.29) is 17.6 Å². The normalized spacial score (nSPS) is 11.7. The van der Waals surface area contributed by atoms with Crippen molar-refractivity contribution >= 4 is 5.91 Å². The molecule has 0 aromatic heterocycles. The lowest BCUT2D eigenvalue weighted by Gasteiger charge is -2.15. The highest BCUT2D eigenvalue weighted by atomic mass is 19.1. The van der Waals surface area contributed by atoms with Crippen LogP contribution in [-0.4, -0.2) is 20.1 Å². The van der Waals surface area contributed by atoms with Crippen molar-refractivity contribution in [3.05, 3.63) is 59.4 Å². The highest BCUT2D eigenvalue weighted by Crippen LogP contribution is 2.27. The number of methoxy groups -OCH3 is 2. The fourth-order valence-electron chi connectivity index (χ4n) is 2.72. The number of hydrogen-bond donors (Lipinski definition) is 1. The number of rotatable bonds is 8. The van der Waals surface area contributed by atoms with Gasteiger partial charge in [0.2, 0.25) is 5.91 Å². The second-order valence-electron chi connectivity index (χ2n) is 5.83. The Morgan fingerprint density at radius 3 is 2.36 bits per heavy atom. The van der Waals surface area contributed by atoms with Gasteiger partial charge >= 0.3 is 0 Å². The molecule has 25 heavy (non-hydrogen) atoms. The highest BCUT2D eigenvalue weighted by Gasteiger charge is 2.14. The van der Waals surface area contributed by atoms with Gasteiger partial charge in [-0.1, -0.05) is 25.1 Å². The Bertz CT molecular complexity index is 701. The van der Waals surface area contributed by atoms with E-state index in [1.54, 1.807) is 26.4 Å². The van der Waals surface area contributed by atoms with Crippen molar-refractivity contribution in [2.45, 2.75) is 32.2 Å². The van der Waals surface area contributed by atoms with Crippen LogP contribution in [0.1, 0.15) is 36.8 Å². The van der Waals surface area contributed by atoms with Crippen LogP contribution < -0.4 is 14.8 Å². The first-order valence-electron chi connectivity index (χ1n) is 8.30. The Morgan fingerprint density at radius 1 is 1.08 bits per heavy atom. The number of nitrogens with one attached hydrogen (secondary N) is 1. The van der Waals surface area contributed by atoms with E-state index < -0.39 is 0 Å². The van der Waals surface area contributed by atoms with Crippen LogP contribution in [0.5, 0.6) is 11.5 Å². The van der Waals surface area contributed by atoms with E-state index >= 15 is 0 Å². The van der Waals surface area contributed by atoms with Crippen molar-refractivity contribution in [3.63, 3.8) is 0 Å². The molecule has 2 rings (SSSR count). The summed E-state index contributed by atoms with van der Waals surface area (Å²) in [7, 11) is 3.16. The van der Waals surface area contributed by atoms with Crippen molar-refractivity contribution < 1.29 is 18.7 Å². The molecule has 1 amide bonds. The van der Waals surface area contributed by atoms with E-state index in [2.05, 4.69) is 5.32 Å². The molecular weight excluding hydrogens is 321 g/mol. The topological polar surface area (TPSA) is 47.6 Å². The van der Waals surface area contributed by atoms with E-state index in [9.17, 15) is 9.18 Å². The van der Waals surface area contributed by atoms with Crippen LogP contribution in [-0.2, 0) is 11.3 Å². The van der Waals surface area contributed by atoms with Gasteiger partial charge in [0.25, 0.3) is 0 Å². The maximum atomic E-state index is 13.0. The second kappa shape index (κ2) is 9.06. The molecule has 0 spiro atoms. The third kappa shape index (κ3) is 5.21. The Hall–Kier alpha value is -2.56. The molecule has 0 heterocycles. The summed E-state index contributed by atoms with van der Waals surface area (Å²) in [4.78, 5) is 12.3. The minimum Gasteiger partial charge on any atom is -0.493 e. The molecule has 0 fully saturated rings. The number of carbonyl (C=O) groups excluding carboxylic acids is 1. The molecule has 2 aromatic rings. The number of carbonyl (C=O) groups is 1. The van der Waals surface area contributed by atoms with Crippen molar-refractivity contribution in [1.29, 1.82) is 0 Å². The van der Waals surface area contributed by atoms with Gasteiger partial charge in [-0.15, -0.1) is 0 Å². The Kier molecular flexibility index (Phi) is 6.81. The van der Waals surface area contributed by atoms with Crippen LogP contribution in [0.2, 0.25) is 0 Å². The number of halogens is 1. The molecule has 4 nitrogen and oxygen atoms in total. The Morgan fingerprint density at radius 2 is 1.76 bits per heavy atom. The smallest absolute Gasteiger partial charge is 0.220 e. The van der Waals surface area contributed by atoms with Crippen LogP contribution in [0, 0.1) is 5.82 Å². The van der Waals surface area contributed by atoms with Crippen molar-refractivity contribution in [1.82, 2.24) is 5.32 Å². The van der Waals surface area contributed by atoms with Gasteiger partial charge in [0, 0.05) is 13.0 Å². The molecule has 134 valence electrons. The summed E-state index contributed by atoms with van der Waals surface area (Å²) >= 11 is 0. The molecule has 0 aliphatic rings. The predicted octanol–water partition coefficient (Wildman–Crippen LogP) is 4.04. The zero-order valence-corrected chi connectivity index (χ0v) is 14.8. The predicted molar refractivity (Wildman–Crippen MR) is 95.4 cm³/mol. The van der Waals surface area contributed by atoms with Gasteiger partial charge in [-0.25, -0.2) is 4.39 Å². The summed E-state index contributed by atoms with van der Waals surface area (Å²) in [5.41, 5.74) is 1.91. The molecule has 5 heteroatoms. The zero-order chi connectivity index (χ0) is 18.2. The lowest BCUT2D eigenvalue weighted by Crippen LogP contribution is -2.24. The third-order valence-electron chi connectivity index (χ3n) is 4.20. The van der Waals surface area contributed by atoms with Gasteiger partial charge in [0.15, 0.2) is 11.5 Å². The lowest BCUT2D eigenvalue weighted by molar-refractivity contribution is -0.121. The standard InChI is InChI=1S/C20H24FNO3/c1-4-15(16-6-8-17(21)9-7-16)12-20(23)22-13-14-5-10-18(24-2)19(11-14)25-3/h5-11,15H,4,12-13H2,1-3H3,(H,22,23). The Balaban J connectivity index is 1.94. The first-order valence-corrected chi connectivity index (χ1v) is 8.30. The minimum atomic E-state index is -0.267. The van der Waals surface area contributed by atoms with Crippen molar-refractivity contribution in [3.8, 4) is 11.5 Å². The lowest BCUT2D eigenvalue weighted by atomic mass is 9.93. The molecule has 1 unspecified atom stereocenters. The maximum absolute atomic E-state index is 13.0. The summed E-state index contributed by atoms with van der Waals surface area (Å²) < 4.78 is 23.5. The van der Waals surface area contributed by atoms with Crippen LogP contribution in [0.3, 0.4) is 0 Å². The summed E-state index contributed by atoms with van der Waals surface area (Å²) in [5, 5.41) is 2.92. The van der Waals surface area contributed by atoms with E-state index in [1.165, 1.54) is 12.1 Å². The largest absolute Gasteiger partial charge is 0.493 e. The fourth-order valence-corrected chi connectivity index (χ4v) is 2.72. The highest BCUT2D eigenvalue weighted by molar-refractivity contribution is 5.76. The van der Waals surface area contributed by atoms with Gasteiger partial charge in [0.05, 0.1) is 14.2 Å². The number of ether oxygens (including phenoxy) is 2. The summed E-state index contributed by atoms with van der Waals surface area (Å²) in [6, 6.07) is 11.9. The maximum Gasteiger partial charge on any atom is 0.220 e. The summed E-state index contributed by atoms with van der Waals surface area (Å²) in [6.45, 7) is 2.44. The summed E-state index contributed by atoms with van der Waals surface area (Å²) in [5.74, 6) is 1.06. The quantitative estimate of drug-likeness (QED) is 0.785. The second-order valence-corrected chi connectivity index (χ2v) is 5.83. The molecule has 2 aromatic carbocycles. The van der Waals surface area contributed by atoms with Crippen LogP contribution >= 0.6 is 0 Å². The minimum absolute atomic E-state index is 0.0361. The van der Waals surface area contributed by atoms with Gasteiger partial charge < -0.3 is 14.8 Å². The molecule has 0 radical (unpaired) electrons. The van der Waals surface area contributed by atoms with E-state index in [0.717, 1.165) is 17.5 Å². The molecule has 0 saturated heterocycles. The molecule has 0 aliphatic carbocycles. The Labute approximate surface area is 148 Å². The zero-order valence-electron chi connectivity index (χ0n) is 14.8. The SMILES string of the molecule is CCC(CC(=O)NCc1ccc(OC)c(OC)c1)c1ccc(F)cc1. The molecule has 0 bridgehead atoms. The number of benzene rings is 2. The number of hydrogen-bond acceptors (Lipinski definition) is 3. The van der Waals surface area contributed by atoms with Gasteiger partial charge in [0.1, 0.15) is 5.82 Å². The van der Waals surface area contributed by atoms with Gasteiger partial charge in [-0.3, -0.25) is 4.79 Å². The van der Waals surface area contributed by atoms with Gasteiger partial charge in [-0.05, 0) is 47.7 Å². The van der Waals surface area contributed by atoms with Crippen molar-refractivity contribution in [2.24, 2.45) is 0 Å². The molecule has 1 atom stereocenters. The van der Waals surface area contributed by atoms with Crippen LogP contribution in [0.15, 0.2) is 42.5 Å². The first kappa shape index (κ1) is 18.8. The third-order valence-corrected chi connectivity index (χ3v) is 4.20. The van der Waals surface area contributed by atoms with Crippen LogP contribution in [0.25, 0.3) is 0 Å². The van der Waals surface area contributed by atoms with Crippen molar-refractivity contribution in [2.75, 3.05) is 14.2 Å². The fraction of sp³-hybridized carbons (Fsp3) is 0.350. The first-order chi connectivity index (χ1) is 12.1. The van der Waals surface area contributed by atoms with E-state index in [0.29, 0.717) is 24.5 Å². The molecule has 1 N–H and O–H groups in total. The number of amides is 1. The monoisotopic (exact) mass is 345 g/mol. The van der Waals surface area contributed by atoms with E-state index in [1.807, 2.05) is 25.1 Å².